The van der Waals surface area contributed by atoms with E-state index in [2.05, 4.69) is 9.88 Å². The van der Waals surface area contributed by atoms with Crippen LogP contribution in [0.5, 0.6) is 0 Å². The van der Waals surface area contributed by atoms with Gasteiger partial charge in [-0.1, -0.05) is 12.8 Å². The topological polar surface area (TPSA) is 36.1 Å². The maximum atomic E-state index is 13.5. The van der Waals surface area contributed by atoms with Crippen molar-refractivity contribution >= 4 is 16.8 Å². The number of rotatable bonds is 2. The Morgan fingerprint density at radius 3 is 2.96 bits per heavy atom. The minimum Gasteiger partial charge on any atom is -0.361 e. The van der Waals surface area contributed by atoms with Crippen molar-refractivity contribution in [1.29, 1.82) is 0 Å². The van der Waals surface area contributed by atoms with Crippen LogP contribution in [0.1, 0.15) is 44.1 Å². The van der Waals surface area contributed by atoms with E-state index in [1.807, 2.05) is 6.20 Å². The molecular weight excluding hydrogens is 291 g/mol. The van der Waals surface area contributed by atoms with Gasteiger partial charge in [-0.25, -0.2) is 4.39 Å². The summed E-state index contributed by atoms with van der Waals surface area (Å²) in [5.74, 6) is 0.643. The Labute approximate surface area is 135 Å². The summed E-state index contributed by atoms with van der Waals surface area (Å²) in [6, 6.07) is 5.14. The van der Waals surface area contributed by atoms with Crippen LogP contribution in [0.4, 0.5) is 4.39 Å². The molecule has 4 rings (SSSR count). The van der Waals surface area contributed by atoms with Crippen LogP contribution in [0.25, 0.3) is 10.9 Å². The maximum Gasteiger partial charge on any atom is 0.227 e. The number of carbonyl (C=O) groups excluding carboxylic acids is 1. The molecule has 1 aliphatic carbocycles. The molecule has 1 saturated carbocycles. The number of fused-ring (bicyclic) bond motifs is 2. The number of halogens is 1. The third kappa shape index (κ3) is 2.75. The van der Waals surface area contributed by atoms with Crippen LogP contribution >= 0.6 is 0 Å². The summed E-state index contributed by atoms with van der Waals surface area (Å²) in [5.41, 5.74) is 1.80. The van der Waals surface area contributed by atoms with Gasteiger partial charge in [0.25, 0.3) is 0 Å². The monoisotopic (exact) mass is 314 g/mol. The lowest BCUT2D eigenvalue weighted by atomic mass is 9.78. The average Bonchev–Trinajstić information content (AvgIpc) is 2.96. The van der Waals surface area contributed by atoms with Crippen molar-refractivity contribution in [3.05, 3.63) is 35.8 Å². The number of aromatic amines is 1. The number of hydrogen-bond acceptors (Lipinski definition) is 1. The van der Waals surface area contributed by atoms with Gasteiger partial charge < -0.3 is 9.88 Å². The van der Waals surface area contributed by atoms with Gasteiger partial charge in [0, 0.05) is 29.7 Å². The van der Waals surface area contributed by atoms with Gasteiger partial charge in [0.05, 0.1) is 6.42 Å². The molecule has 122 valence electrons. The predicted octanol–water partition coefficient (Wildman–Crippen LogP) is 4.03. The van der Waals surface area contributed by atoms with Crippen LogP contribution in [0, 0.1) is 11.7 Å². The summed E-state index contributed by atoms with van der Waals surface area (Å²) < 4.78 is 13.5. The van der Waals surface area contributed by atoms with E-state index >= 15 is 0 Å². The number of aromatic nitrogens is 1. The molecule has 2 aliphatic rings. The molecule has 1 aromatic heterocycles. The Balaban J connectivity index is 1.55. The lowest BCUT2D eigenvalue weighted by Crippen LogP contribution is -2.50. The molecule has 1 N–H and O–H groups in total. The molecule has 1 amide bonds. The highest BCUT2D eigenvalue weighted by molar-refractivity contribution is 5.89. The summed E-state index contributed by atoms with van der Waals surface area (Å²) in [4.78, 5) is 18.1. The molecule has 0 bridgehead atoms. The summed E-state index contributed by atoms with van der Waals surface area (Å²) >= 11 is 0. The Morgan fingerprint density at radius 1 is 1.22 bits per heavy atom. The summed E-state index contributed by atoms with van der Waals surface area (Å²) in [7, 11) is 0. The second-order valence-electron chi connectivity index (χ2n) is 7.02. The number of benzene rings is 1. The van der Waals surface area contributed by atoms with Crippen molar-refractivity contribution < 1.29 is 9.18 Å². The molecule has 23 heavy (non-hydrogen) atoms. The Morgan fingerprint density at radius 2 is 2.04 bits per heavy atom. The van der Waals surface area contributed by atoms with Gasteiger partial charge in [0.15, 0.2) is 0 Å². The quantitative estimate of drug-likeness (QED) is 0.892. The summed E-state index contributed by atoms with van der Waals surface area (Å²) in [6.45, 7) is 0.886. The van der Waals surface area contributed by atoms with E-state index < -0.39 is 0 Å². The smallest absolute Gasteiger partial charge is 0.227 e. The number of H-pyrrole nitrogens is 1. The van der Waals surface area contributed by atoms with Crippen molar-refractivity contribution in [3.8, 4) is 0 Å². The molecule has 2 unspecified atom stereocenters. The highest BCUT2D eigenvalue weighted by Gasteiger charge is 2.35. The molecule has 0 radical (unpaired) electrons. The van der Waals surface area contributed by atoms with Crippen LogP contribution in [0.2, 0.25) is 0 Å². The highest BCUT2D eigenvalue weighted by atomic mass is 19.1. The molecular formula is C19H23FN2O. The fourth-order valence-corrected chi connectivity index (χ4v) is 4.50. The Kier molecular flexibility index (Phi) is 3.83. The zero-order chi connectivity index (χ0) is 15.8. The Hall–Kier alpha value is -1.84. The molecule has 1 aliphatic heterocycles. The lowest BCUT2D eigenvalue weighted by Gasteiger charge is -2.44. The van der Waals surface area contributed by atoms with E-state index in [1.165, 1.54) is 37.8 Å². The first-order valence-electron chi connectivity index (χ1n) is 8.77. The first-order valence-corrected chi connectivity index (χ1v) is 8.77. The maximum absolute atomic E-state index is 13.5. The zero-order valence-corrected chi connectivity index (χ0v) is 13.4. The minimum atomic E-state index is -0.254. The zero-order valence-electron chi connectivity index (χ0n) is 13.4. The minimum absolute atomic E-state index is 0.201. The number of carbonyl (C=O) groups is 1. The lowest BCUT2D eigenvalue weighted by molar-refractivity contribution is -0.136. The molecule has 0 spiro atoms. The normalized spacial score (nSPS) is 24.7. The number of likely N-dealkylation sites (tertiary alicyclic amines) is 1. The Bertz CT molecular complexity index is 721. The molecule has 3 nitrogen and oxygen atoms in total. The largest absolute Gasteiger partial charge is 0.361 e. The summed E-state index contributed by atoms with van der Waals surface area (Å²) in [5, 5.41) is 0.829. The van der Waals surface area contributed by atoms with E-state index in [9.17, 15) is 9.18 Å². The first kappa shape index (κ1) is 14.7. The van der Waals surface area contributed by atoms with Gasteiger partial charge in [-0.2, -0.15) is 0 Å². The number of nitrogens with one attached hydrogen (secondary N) is 1. The number of nitrogens with zero attached hydrogens (tertiary/aromatic N) is 1. The van der Waals surface area contributed by atoms with Crippen molar-refractivity contribution in [3.63, 3.8) is 0 Å². The average molecular weight is 314 g/mol. The molecule has 2 atom stereocenters. The number of hydrogen-bond donors (Lipinski definition) is 1. The van der Waals surface area contributed by atoms with Gasteiger partial charge in [-0.15, -0.1) is 0 Å². The fraction of sp³-hybridized carbons (Fsp3) is 0.526. The second kappa shape index (κ2) is 5.99. The van der Waals surface area contributed by atoms with Crippen LogP contribution in [0.15, 0.2) is 24.4 Å². The molecule has 1 aromatic carbocycles. The standard InChI is InChI=1S/C19H23FN2O/c20-15-7-8-17-16(11-15)14(12-21-17)10-19(23)22-9-3-5-13-4-1-2-6-18(13)22/h7-8,11-13,18,21H,1-6,9-10H2. The van der Waals surface area contributed by atoms with Gasteiger partial charge in [-0.3, -0.25) is 4.79 Å². The molecule has 2 fully saturated rings. The van der Waals surface area contributed by atoms with E-state index in [0.29, 0.717) is 18.4 Å². The van der Waals surface area contributed by atoms with Gasteiger partial charge in [0.2, 0.25) is 5.91 Å². The molecule has 1 saturated heterocycles. The summed E-state index contributed by atoms with van der Waals surface area (Å²) in [6.07, 6.45) is 9.58. The third-order valence-electron chi connectivity index (χ3n) is 5.63. The van der Waals surface area contributed by atoms with Crippen LogP contribution in [0.3, 0.4) is 0 Å². The van der Waals surface area contributed by atoms with Crippen LogP contribution < -0.4 is 0 Å². The number of amides is 1. The molecule has 2 aromatic rings. The van der Waals surface area contributed by atoms with E-state index in [4.69, 9.17) is 0 Å². The van der Waals surface area contributed by atoms with E-state index in [0.717, 1.165) is 35.9 Å². The second-order valence-corrected chi connectivity index (χ2v) is 7.02. The molecule has 2 heterocycles. The van der Waals surface area contributed by atoms with Crippen molar-refractivity contribution in [2.45, 2.75) is 51.0 Å². The third-order valence-corrected chi connectivity index (χ3v) is 5.63. The molecule has 4 heteroatoms. The predicted molar refractivity (Wildman–Crippen MR) is 88.7 cm³/mol. The first-order chi connectivity index (χ1) is 11.2. The van der Waals surface area contributed by atoms with Gasteiger partial charge in [-0.05, 0) is 55.4 Å². The van der Waals surface area contributed by atoms with Crippen molar-refractivity contribution in [2.75, 3.05) is 6.54 Å². The van der Waals surface area contributed by atoms with Crippen LogP contribution in [-0.2, 0) is 11.2 Å². The fourth-order valence-electron chi connectivity index (χ4n) is 4.50. The van der Waals surface area contributed by atoms with Gasteiger partial charge in [0.1, 0.15) is 5.82 Å². The van der Waals surface area contributed by atoms with Crippen LogP contribution in [-0.4, -0.2) is 28.4 Å². The van der Waals surface area contributed by atoms with E-state index in [-0.39, 0.29) is 11.7 Å². The van der Waals surface area contributed by atoms with E-state index in [1.54, 1.807) is 6.07 Å². The van der Waals surface area contributed by atoms with Crippen molar-refractivity contribution in [2.24, 2.45) is 5.92 Å². The van der Waals surface area contributed by atoms with Crippen molar-refractivity contribution in [1.82, 2.24) is 9.88 Å². The SMILES string of the molecule is O=C(Cc1c[nH]c2ccc(F)cc12)N1CCCC2CCCCC21. The highest BCUT2D eigenvalue weighted by Crippen LogP contribution is 2.35. The number of piperidine rings is 1. The van der Waals surface area contributed by atoms with Gasteiger partial charge >= 0.3 is 0 Å².